The zero-order valence-corrected chi connectivity index (χ0v) is 14.2. The Bertz CT molecular complexity index is 736. The number of aryl methyl sites for hydroxylation is 1. The molecule has 1 saturated heterocycles. The number of sulfone groups is 2. The third kappa shape index (κ3) is 3.59. The first-order chi connectivity index (χ1) is 10.3. The summed E-state index contributed by atoms with van der Waals surface area (Å²) in [7, 11) is -7.05. The normalized spacial score (nSPS) is 24.2. The molecule has 0 amide bonds. The molecule has 1 N–H and O–H groups in total. The molecule has 0 saturated carbocycles. The van der Waals surface area contributed by atoms with Crippen LogP contribution >= 0.6 is 0 Å². The van der Waals surface area contributed by atoms with E-state index < -0.39 is 31.0 Å². The zero-order valence-electron chi connectivity index (χ0n) is 12.5. The predicted octanol–water partition coefficient (Wildman–Crippen LogP) is 0.964. The Kier molecular flexibility index (Phi) is 5.09. The Morgan fingerprint density at radius 2 is 1.91 bits per heavy atom. The minimum atomic E-state index is -3.69. The molecule has 22 heavy (non-hydrogen) atoms. The molecule has 1 aromatic rings. The fourth-order valence-electron chi connectivity index (χ4n) is 2.64. The fraction of sp³-hybridized carbons (Fsp3) is 0.467. The van der Waals surface area contributed by atoms with Crippen LogP contribution in [0.4, 0.5) is 0 Å². The van der Waals surface area contributed by atoms with E-state index in [9.17, 15) is 16.8 Å². The number of nitrogens with one attached hydrogen (secondary N) is 1. The smallest absolute Gasteiger partial charge is 0.183 e. The Morgan fingerprint density at radius 3 is 2.45 bits per heavy atom. The lowest BCUT2D eigenvalue weighted by Crippen LogP contribution is -2.43. The van der Waals surface area contributed by atoms with Crippen LogP contribution in [0.25, 0.3) is 0 Å². The molecule has 1 heterocycles. The molecule has 122 valence electrons. The molecule has 0 radical (unpaired) electrons. The predicted molar refractivity (Wildman–Crippen MR) is 87.4 cm³/mol. The molecule has 1 aliphatic rings. The van der Waals surface area contributed by atoms with E-state index in [1.807, 2.05) is 6.92 Å². The first-order valence-electron chi connectivity index (χ1n) is 7.17. The van der Waals surface area contributed by atoms with Gasteiger partial charge >= 0.3 is 0 Å². The van der Waals surface area contributed by atoms with E-state index in [4.69, 9.17) is 0 Å². The highest BCUT2D eigenvalue weighted by Gasteiger charge is 2.45. The largest absolute Gasteiger partial charge is 0.308 e. The van der Waals surface area contributed by atoms with Gasteiger partial charge in [0.25, 0.3) is 0 Å². The number of hydrogen-bond donors (Lipinski definition) is 1. The Morgan fingerprint density at radius 1 is 1.27 bits per heavy atom. The maximum atomic E-state index is 12.8. The van der Waals surface area contributed by atoms with Gasteiger partial charge in [-0.15, -0.1) is 6.58 Å². The molecule has 0 aromatic heterocycles. The summed E-state index contributed by atoms with van der Waals surface area (Å²) < 4.78 is 49.3. The molecule has 5 nitrogen and oxygen atoms in total. The van der Waals surface area contributed by atoms with E-state index >= 15 is 0 Å². The van der Waals surface area contributed by atoms with Crippen molar-refractivity contribution < 1.29 is 16.8 Å². The summed E-state index contributed by atoms with van der Waals surface area (Å²) in [6.45, 7) is 5.93. The third-order valence-corrected chi connectivity index (χ3v) is 8.05. The van der Waals surface area contributed by atoms with Gasteiger partial charge in [0.2, 0.25) is 0 Å². The van der Waals surface area contributed by atoms with Crippen molar-refractivity contribution in [3.05, 3.63) is 42.5 Å². The Balaban J connectivity index is 2.34. The molecular weight excluding hydrogens is 322 g/mol. The maximum absolute atomic E-state index is 12.8. The van der Waals surface area contributed by atoms with Crippen LogP contribution in [-0.2, 0) is 26.1 Å². The second kappa shape index (κ2) is 6.52. The number of rotatable bonds is 6. The SMILES string of the molecule is C=CCN[C@H]1CS(=O)(=O)C[C@H]1S(=O)(=O)c1ccc(CC)cc1. The van der Waals surface area contributed by atoms with Gasteiger partial charge in [-0.25, -0.2) is 16.8 Å². The molecule has 7 heteroatoms. The van der Waals surface area contributed by atoms with Crippen LogP contribution < -0.4 is 5.32 Å². The average Bonchev–Trinajstić information content (AvgIpc) is 2.81. The van der Waals surface area contributed by atoms with Gasteiger partial charge in [-0.3, -0.25) is 0 Å². The molecule has 1 fully saturated rings. The van der Waals surface area contributed by atoms with Crippen molar-refractivity contribution in [3.63, 3.8) is 0 Å². The van der Waals surface area contributed by atoms with Crippen LogP contribution in [0.2, 0.25) is 0 Å². The minimum Gasteiger partial charge on any atom is -0.308 e. The third-order valence-electron chi connectivity index (χ3n) is 3.88. The summed E-state index contributed by atoms with van der Waals surface area (Å²) in [5, 5.41) is 2.01. The van der Waals surface area contributed by atoms with E-state index in [0.717, 1.165) is 12.0 Å². The highest BCUT2D eigenvalue weighted by Crippen LogP contribution is 2.26. The van der Waals surface area contributed by atoms with E-state index in [2.05, 4.69) is 11.9 Å². The van der Waals surface area contributed by atoms with Gasteiger partial charge in [0.1, 0.15) is 0 Å². The van der Waals surface area contributed by atoms with Crippen LogP contribution in [0.15, 0.2) is 41.8 Å². The van der Waals surface area contributed by atoms with Crippen LogP contribution in [0.5, 0.6) is 0 Å². The molecule has 2 rings (SSSR count). The summed E-state index contributed by atoms with van der Waals surface area (Å²) in [6, 6.07) is 6.05. The van der Waals surface area contributed by atoms with E-state index in [1.165, 1.54) is 0 Å². The second-order valence-corrected chi connectivity index (χ2v) is 9.78. The maximum Gasteiger partial charge on any atom is 0.183 e. The molecule has 1 aliphatic heterocycles. The monoisotopic (exact) mass is 343 g/mol. The van der Waals surface area contributed by atoms with Crippen molar-refractivity contribution in [2.45, 2.75) is 29.5 Å². The second-order valence-electron chi connectivity index (χ2n) is 5.46. The zero-order chi connectivity index (χ0) is 16.4. The van der Waals surface area contributed by atoms with Crippen molar-refractivity contribution in [1.82, 2.24) is 5.32 Å². The van der Waals surface area contributed by atoms with Gasteiger partial charge in [-0.1, -0.05) is 25.1 Å². The highest BCUT2D eigenvalue weighted by atomic mass is 32.2. The van der Waals surface area contributed by atoms with Crippen molar-refractivity contribution in [1.29, 1.82) is 0 Å². The van der Waals surface area contributed by atoms with Crippen molar-refractivity contribution in [2.75, 3.05) is 18.1 Å². The van der Waals surface area contributed by atoms with Gasteiger partial charge in [0, 0.05) is 12.6 Å². The van der Waals surface area contributed by atoms with Gasteiger partial charge in [-0.05, 0) is 24.1 Å². The molecule has 0 spiro atoms. The lowest BCUT2D eigenvalue weighted by molar-refractivity contribution is 0.544. The van der Waals surface area contributed by atoms with E-state index in [1.54, 1.807) is 30.3 Å². The molecule has 2 atom stereocenters. The van der Waals surface area contributed by atoms with Crippen LogP contribution in [0.1, 0.15) is 12.5 Å². The van der Waals surface area contributed by atoms with Gasteiger partial charge in [0.15, 0.2) is 19.7 Å². The topological polar surface area (TPSA) is 80.3 Å². The Labute approximate surface area is 132 Å². The summed E-state index contributed by atoms with van der Waals surface area (Å²) in [4.78, 5) is 0.178. The van der Waals surface area contributed by atoms with Crippen LogP contribution in [-0.4, -0.2) is 46.2 Å². The lowest BCUT2D eigenvalue weighted by atomic mass is 10.2. The molecule has 0 bridgehead atoms. The van der Waals surface area contributed by atoms with Crippen LogP contribution in [0.3, 0.4) is 0 Å². The number of benzene rings is 1. The molecule has 0 unspecified atom stereocenters. The standard InChI is InChI=1S/C15H21NO4S2/c1-3-9-16-14-10-21(17,18)11-15(14)22(19,20)13-7-5-12(4-2)6-8-13/h3,5-8,14-16H,1,4,9-11H2,2H3/t14-,15+/m0/s1. The van der Waals surface area contributed by atoms with Gasteiger partial charge < -0.3 is 5.32 Å². The summed E-state index contributed by atoms with van der Waals surface area (Å²) in [5.74, 6) is -0.489. The first-order valence-corrected chi connectivity index (χ1v) is 10.5. The Hall–Kier alpha value is -1.18. The van der Waals surface area contributed by atoms with Crippen LogP contribution in [0, 0.1) is 0 Å². The molecular formula is C15H21NO4S2. The quantitative estimate of drug-likeness (QED) is 0.778. The van der Waals surface area contributed by atoms with Crippen molar-refractivity contribution >= 4 is 19.7 Å². The van der Waals surface area contributed by atoms with E-state index in [-0.39, 0.29) is 16.4 Å². The molecule has 0 aliphatic carbocycles. The highest BCUT2D eigenvalue weighted by molar-refractivity contribution is 7.96. The van der Waals surface area contributed by atoms with Gasteiger partial charge in [0.05, 0.1) is 21.7 Å². The lowest BCUT2D eigenvalue weighted by Gasteiger charge is -2.19. The first kappa shape index (κ1) is 17.2. The van der Waals surface area contributed by atoms with Crippen molar-refractivity contribution in [2.24, 2.45) is 0 Å². The average molecular weight is 343 g/mol. The summed E-state index contributed by atoms with van der Waals surface area (Å²) >= 11 is 0. The van der Waals surface area contributed by atoms with Gasteiger partial charge in [-0.2, -0.15) is 0 Å². The van der Waals surface area contributed by atoms with Crippen molar-refractivity contribution in [3.8, 4) is 0 Å². The summed E-state index contributed by atoms with van der Waals surface area (Å²) in [5.41, 5.74) is 1.04. The minimum absolute atomic E-state index is 0.155. The number of hydrogen-bond acceptors (Lipinski definition) is 5. The fourth-order valence-corrected chi connectivity index (χ4v) is 7.35. The summed E-state index contributed by atoms with van der Waals surface area (Å²) in [6.07, 6.45) is 2.41. The molecule has 1 aromatic carbocycles. The van der Waals surface area contributed by atoms with E-state index in [0.29, 0.717) is 6.54 Å².